The molecular formula is C27H20Cl2N4O3S2. The first kappa shape index (κ1) is 26.4. The lowest BCUT2D eigenvalue weighted by Crippen LogP contribution is -2.29. The molecule has 192 valence electrons. The number of halogens is 2. The molecule has 1 aliphatic heterocycles. The molecule has 0 saturated carbocycles. The number of aliphatic hydroxyl groups excluding tert-OH is 1. The molecule has 38 heavy (non-hydrogen) atoms. The molecule has 1 fully saturated rings. The third-order valence-corrected chi connectivity index (χ3v) is 8.76. The summed E-state index contributed by atoms with van der Waals surface area (Å²) in [6, 6.07) is 15.2. The van der Waals surface area contributed by atoms with E-state index in [0.29, 0.717) is 31.3 Å². The highest BCUT2D eigenvalue weighted by atomic mass is 35.5. The molecule has 5 rings (SSSR count). The van der Waals surface area contributed by atoms with Gasteiger partial charge in [0.1, 0.15) is 5.76 Å². The summed E-state index contributed by atoms with van der Waals surface area (Å²) < 4.78 is 0.599. The molecule has 1 atom stereocenters. The summed E-state index contributed by atoms with van der Waals surface area (Å²) in [4.78, 5) is 31.9. The zero-order valence-electron chi connectivity index (χ0n) is 20.0. The van der Waals surface area contributed by atoms with Gasteiger partial charge in [0.15, 0.2) is 4.34 Å². The number of carbonyl (C=O) groups excluding carboxylic acids is 2. The fourth-order valence-corrected chi connectivity index (χ4v) is 6.51. The summed E-state index contributed by atoms with van der Waals surface area (Å²) in [6.07, 6.45) is 3.86. The third-order valence-electron chi connectivity index (χ3n) is 6.07. The Labute approximate surface area is 237 Å². The molecule has 2 aromatic heterocycles. The van der Waals surface area contributed by atoms with Crippen molar-refractivity contribution in [1.82, 2.24) is 15.2 Å². The van der Waals surface area contributed by atoms with E-state index in [1.807, 2.05) is 37.3 Å². The molecule has 1 amide bonds. The van der Waals surface area contributed by atoms with E-state index in [4.69, 9.17) is 23.2 Å². The molecule has 4 aromatic rings. The Hall–Kier alpha value is -3.24. The molecule has 1 aliphatic rings. The monoisotopic (exact) mass is 582 g/mol. The van der Waals surface area contributed by atoms with Crippen LogP contribution in [-0.2, 0) is 21.8 Å². The normalized spacial score (nSPS) is 16.8. The number of ketones is 1. The van der Waals surface area contributed by atoms with E-state index < -0.39 is 17.7 Å². The number of thioether (sulfide) groups is 1. The average molecular weight is 584 g/mol. The lowest BCUT2D eigenvalue weighted by molar-refractivity contribution is -0.132. The minimum absolute atomic E-state index is 0.0113. The molecule has 0 radical (unpaired) electrons. The molecule has 0 aliphatic carbocycles. The fourth-order valence-electron chi connectivity index (χ4n) is 4.08. The van der Waals surface area contributed by atoms with Gasteiger partial charge in [-0.2, -0.15) is 0 Å². The van der Waals surface area contributed by atoms with Gasteiger partial charge in [0.25, 0.3) is 5.78 Å². The van der Waals surface area contributed by atoms with Crippen LogP contribution in [0.2, 0.25) is 10.0 Å². The molecule has 1 N–H and O–H groups in total. The molecule has 11 heteroatoms. The van der Waals surface area contributed by atoms with Gasteiger partial charge < -0.3 is 5.11 Å². The number of nitrogens with zero attached hydrogens (tertiary/aromatic N) is 4. The van der Waals surface area contributed by atoms with Crippen LogP contribution in [-0.4, -0.2) is 32.0 Å². The van der Waals surface area contributed by atoms with Crippen LogP contribution < -0.4 is 4.90 Å². The van der Waals surface area contributed by atoms with Crippen molar-refractivity contribution in [3.8, 4) is 0 Å². The van der Waals surface area contributed by atoms with E-state index in [2.05, 4.69) is 15.2 Å². The summed E-state index contributed by atoms with van der Waals surface area (Å²) in [6.45, 7) is 2.04. The summed E-state index contributed by atoms with van der Waals surface area (Å²) in [5.74, 6) is -1.32. The van der Waals surface area contributed by atoms with Crippen molar-refractivity contribution in [2.24, 2.45) is 0 Å². The summed E-state index contributed by atoms with van der Waals surface area (Å²) >= 11 is 14.9. The number of aliphatic hydroxyl groups is 1. The van der Waals surface area contributed by atoms with Crippen LogP contribution in [0.3, 0.4) is 0 Å². The van der Waals surface area contributed by atoms with Gasteiger partial charge in [-0.3, -0.25) is 19.5 Å². The van der Waals surface area contributed by atoms with Gasteiger partial charge in [-0.1, -0.05) is 83.6 Å². The van der Waals surface area contributed by atoms with Crippen LogP contribution in [0.5, 0.6) is 0 Å². The van der Waals surface area contributed by atoms with E-state index in [1.165, 1.54) is 40.4 Å². The topological polar surface area (TPSA) is 96.3 Å². The summed E-state index contributed by atoms with van der Waals surface area (Å²) in [5.41, 5.74) is 3.04. The molecule has 1 unspecified atom stereocenters. The Morgan fingerprint density at radius 2 is 1.79 bits per heavy atom. The minimum Gasteiger partial charge on any atom is -0.507 e. The van der Waals surface area contributed by atoms with Gasteiger partial charge in [0.2, 0.25) is 5.13 Å². The van der Waals surface area contributed by atoms with Gasteiger partial charge >= 0.3 is 5.91 Å². The molecule has 0 bridgehead atoms. The number of carbonyl (C=O) groups is 2. The van der Waals surface area contributed by atoms with Crippen LogP contribution in [0.1, 0.15) is 35.2 Å². The van der Waals surface area contributed by atoms with E-state index in [1.54, 1.807) is 24.3 Å². The van der Waals surface area contributed by atoms with E-state index in [0.717, 1.165) is 17.5 Å². The number of Topliss-reactive ketones (excluding diaryl/α,β-unsaturated/α-hetero) is 1. The van der Waals surface area contributed by atoms with Crippen LogP contribution in [0.25, 0.3) is 5.76 Å². The van der Waals surface area contributed by atoms with Gasteiger partial charge in [0.05, 0.1) is 11.6 Å². The Morgan fingerprint density at radius 3 is 2.47 bits per heavy atom. The fraction of sp³-hybridized carbons (Fsp3) is 0.148. The average Bonchev–Trinajstić information content (AvgIpc) is 3.50. The maximum absolute atomic E-state index is 13.3. The van der Waals surface area contributed by atoms with Crippen LogP contribution in [0.15, 0.2) is 76.9 Å². The van der Waals surface area contributed by atoms with Gasteiger partial charge in [0, 0.05) is 33.8 Å². The Balaban J connectivity index is 1.52. The maximum atomic E-state index is 13.3. The lowest BCUT2D eigenvalue weighted by atomic mass is 9.95. The van der Waals surface area contributed by atoms with Crippen molar-refractivity contribution in [1.29, 1.82) is 0 Å². The number of aromatic nitrogens is 3. The lowest BCUT2D eigenvalue weighted by Gasteiger charge is -2.22. The number of hydrogen-bond acceptors (Lipinski definition) is 8. The van der Waals surface area contributed by atoms with E-state index in [9.17, 15) is 14.7 Å². The Kier molecular flexibility index (Phi) is 7.80. The Bertz CT molecular complexity index is 1540. The highest BCUT2D eigenvalue weighted by Gasteiger charge is 2.48. The van der Waals surface area contributed by atoms with Gasteiger partial charge in [-0.05, 0) is 47.4 Å². The highest BCUT2D eigenvalue weighted by molar-refractivity contribution is 8.00. The van der Waals surface area contributed by atoms with E-state index in [-0.39, 0.29) is 16.5 Å². The second-order valence-electron chi connectivity index (χ2n) is 8.38. The largest absolute Gasteiger partial charge is 0.507 e. The van der Waals surface area contributed by atoms with Gasteiger partial charge in [-0.25, -0.2) is 0 Å². The zero-order chi connectivity index (χ0) is 26.8. The standard InChI is InChI=1S/C27H20Cl2N4O3S2/c1-2-15-3-5-16(6-4-15)22-21(23(34)17-9-11-30-12-10-17)24(35)25(36)33(22)26-31-32-27(38-26)37-14-18-7-8-19(28)13-20(18)29/h3-13,22,34H,2,14H2,1H3. The molecule has 0 spiro atoms. The zero-order valence-corrected chi connectivity index (χ0v) is 23.1. The SMILES string of the molecule is CCc1ccc(C2C(=C(O)c3ccncc3)C(=O)C(=O)N2c2nnc(SCc3ccc(Cl)cc3Cl)s2)cc1. The molecule has 2 aromatic carbocycles. The molecular weight excluding hydrogens is 563 g/mol. The van der Waals surface area contributed by atoms with Crippen LogP contribution >= 0.6 is 46.3 Å². The number of rotatable bonds is 7. The number of aryl methyl sites for hydroxylation is 1. The first-order chi connectivity index (χ1) is 18.4. The number of pyridine rings is 1. The number of hydrogen-bond donors (Lipinski definition) is 1. The third kappa shape index (κ3) is 5.19. The van der Waals surface area contributed by atoms with Crippen molar-refractivity contribution >= 4 is 68.9 Å². The summed E-state index contributed by atoms with van der Waals surface area (Å²) in [5, 5.41) is 21.0. The second-order valence-corrected chi connectivity index (χ2v) is 11.4. The maximum Gasteiger partial charge on any atom is 0.301 e. The van der Waals surface area contributed by atoms with Gasteiger partial charge in [-0.15, -0.1) is 10.2 Å². The van der Waals surface area contributed by atoms with E-state index >= 15 is 0 Å². The van der Waals surface area contributed by atoms with Crippen molar-refractivity contribution in [3.05, 3.63) is 105 Å². The predicted molar refractivity (Wildman–Crippen MR) is 151 cm³/mol. The number of amides is 1. The smallest absolute Gasteiger partial charge is 0.301 e. The van der Waals surface area contributed by atoms with Crippen molar-refractivity contribution in [3.63, 3.8) is 0 Å². The summed E-state index contributed by atoms with van der Waals surface area (Å²) in [7, 11) is 0. The quantitative estimate of drug-likeness (QED) is 0.0848. The molecule has 1 saturated heterocycles. The first-order valence-corrected chi connectivity index (χ1v) is 14.1. The Morgan fingerprint density at radius 1 is 1.05 bits per heavy atom. The highest BCUT2D eigenvalue weighted by Crippen LogP contribution is 2.44. The van der Waals surface area contributed by atoms with Crippen molar-refractivity contribution < 1.29 is 14.7 Å². The number of anilines is 1. The molecule has 3 heterocycles. The number of benzene rings is 2. The second kappa shape index (κ2) is 11.2. The van der Waals surface area contributed by atoms with Crippen molar-refractivity contribution in [2.75, 3.05) is 4.90 Å². The predicted octanol–water partition coefficient (Wildman–Crippen LogP) is 6.72. The first-order valence-electron chi connectivity index (χ1n) is 11.6. The molecule has 7 nitrogen and oxygen atoms in total. The van der Waals surface area contributed by atoms with Crippen LogP contribution in [0, 0.1) is 0 Å². The van der Waals surface area contributed by atoms with Crippen LogP contribution in [0.4, 0.5) is 5.13 Å². The minimum atomic E-state index is -0.870. The van der Waals surface area contributed by atoms with Crippen molar-refractivity contribution in [2.45, 2.75) is 29.5 Å².